The lowest BCUT2D eigenvalue weighted by atomic mass is 10.1. The van der Waals surface area contributed by atoms with Gasteiger partial charge in [-0.3, -0.25) is 14.3 Å². The van der Waals surface area contributed by atoms with Crippen LogP contribution in [0.15, 0.2) is 46.4 Å². The minimum atomic E-state index is -4.85. The number of rotatable bonds is 2. The van der Waals surface area contributed by atoms with Gasteiger partial charge in [-0.1, -0.05) is 0 Å². The third-order valence-electron chi connectivity index (χ3n) is 4.30. The highest BCUT2D eigenvalue weighted by molar-refractivity contribution is 5.83. The molecular weight excluding hydrogens is 389 g/mol. The zero-order chi connectivity index (χ0) is 20.9. The number of alkyl halides is 3. The molecule has 4 aromatic heterocycles. The summed E-state index contributed by atoms with van der Waals surface area (Å²) >= 11 is 0. The first-order chi connectivity index (χ1) is 13.6. The summed E-state index contributed by atoms with van der Waals surface area (Å²) in [5.41, 5.74) is -2.32. The van der Waals surface area contributed by atoms with E-state index in [1.807, 2.05) is 0 Å². The molecule has 0 spiro atoms. The van der Waals surface area contributed by atoms with E-state index in [9.17, 15) is 22.8 Å². The standard InChI is InChI=1S/C18H13F3N6O2/c1-26-8-9(7-10(17(26)29)18(19,20)21)13-14(11-4-6-27(2)25-11)24-16-15(23-13)12(28)3-5-22-16/h3-8H,1-2H3,(H,22,24,28). The first kappa shape index (κ1) is 18.6. The van der Waals surface area contributed by atoms with Crippen LogP contribution in [0.1, 0.15) is 5.56 Å². The van der Waals surface area contributed by atoms with Crippen molar-refractivity contribution in [3.63, 3.8) is 0 Å². The number of nitrogens with one attached hydrogen (secondary N) is 1. The minimum Gasteiger partial charge on any atom is -0.345 e. The third-order valence-corrected chi connectivity index (χ3v) is 4.30. The van der Waals surface area contributed by atoms with Gasteiger partial charge in [-0.05, 0) is 12.1 Å². The Balaban J connectivity index is 2.10. The van der Waals surface area contributed by atoms with Crippen LogP contribution < -0.4 is 11.0 Å². The number of aryl methyl sites for hydroxylation is 2. The van der Waals surface area contributed by atoms with Gasteiger partial charge in [-0.2, -0.15) is 18.3 Å². The lowest BCUT2D eigenvalue weighted by Gasteiger charge is -2.13. The molecule has 0 aliphatic rings. The molecule has 1 N–H and O–H groups in total. The van der Waals surface area contributed by atoms with Crippen LogP contribution in [0.2, 0.25) is 0 Å². The Bertz CT molecular complexity index is 1370. The van der Waals surface area contributed by atoms with E-state index in [0.717, 1.165) is 4.57 Å². The van der Waals surface area contributed by atoms with E-state index in [2.05, 4.69) is 20.1 Å². The molecule has 8 nitrogen and oxygen atoms in total. The normalized spacial score (nSPS) is 11.9. The smallest absolute Gasteiger partial charge is 0.345 e. The van der Waals surface area contributed by atoms with Crippen LogP contribution in [0, 0.1) is 0 Å². The molecular formula is C18H13F3N6O2. The second-order valence-corrected chi connectivity index (χ2v) is 6.39. The molecule has 148 valence electrons. The molecule has 4 aromatic rings. The molecule has 0 aliphatic carbocycles. The molecule has 4 heterocycles. The number of H-pyrrole nitrogens is 1. The summed E-state index contributed by atoms with van der Waals surface area (Å²) < 4.78 is 42.4. The van der Waals surface area contributed by atoms with Crippen LogP contribution in [-0.2, 0) is 20.3 Å². The van der Waals surface area contributed by atoms with Crippen molar-refractivity contribution in [2.75, 3.05) is 0 Å². The highest BCUT2D eigenvalue weighted by Crippen LogP contribution is 2.32. The molecule has 0 saturated heterocycles. The summed E-state index contributed by atoms with van der Waals surface area (Å²) in [5.74, 6) is 0. The Morgan fingerprint density at radius 2 is 1.83 bits per heavy atom. The summed E-state index contributed by atoms with van der Waals surface area (Å²) in [6, 6.07) is 3.57. The lowest BCUT2D eigenvalue weighted by molar-refractivity contribution is -0.138. The molecule has 0 amide bonds. The highest BCUT2D eigenvalue weighted by Gasteiger charge is 2.35. The Morgan fingerprint density at radius 1 is 1.07 bits per heavy atom. The Morgan fingerprint density at radius 3 is 2.48 bits per heavy atom. The van der Waals surface area contributed by atoms with E-state index in [1.165, 1.54) is 30.2 Å². The number of hydrogen-bond donors (Lipinski definition) is 1. The van der Waals surface area contributed by atoms with Gasteiger partial charge in [0.05, 0.1) is 0 Å². The average molecular weight is 402 g/mol. The molecule has 0 aliphatic heterocycles. The van der Waals surface area contributed by atoms with Gasteiger partial charge >= 0.3 is 6.18 Å². The number of halogens is 3. The third kappa shape index (κ3) is 3.20. The number of aromatic nitrogens is 6. The molecule has 0 aromatic carbocycles. The Kier molecular flexibility index (Phi) is 4.10. The van der Waals surface area contributed by atoms with E-state index in [4.69, 9.17) is 0 Å². The minimum absolute atomic E-state index is 0.00833. The van der Waals surface area contributed by atoms with Gasteiger partial charge in [0.2, 0.25) is 5.43 Å². The second kappa shape index (κ2) is 6.40. The lowest BCUT2D eigenvalue weighted by Crippen LogP contribution is -2.26. The van der Waals surface area contributed by atoms with Gasteiger partial charge < -0.3 is 9.55 Å². The van der Waals surface area contributed by atoms with Crippen molar-refractivity contribution in [3.8, 4) is 22.6 Å². The molecule has 0 bridgehead atoms. The van der Waals surface area contributed by atoms with E-state index in [1.54, 1.807) is 19.3 Å². The molecule has 4 rings (SSSR count). The van der Waals surface area contributed by atoms with Crippen LogP contribution in [0.5, 0.6) is 0 Å². The largest absolute Gasteiger partial charge is 0.421 e. The monoisotopic (exact) mass is 402 g/mol. The van der Waals surface area contributed by atoms with Gasteiger partial charge in [0, 0.05) is 44.3 Å². The SMILES string of the molecule is Cn1ccc(-c2nc3[nH]ccc(=O)c3nc2-c2cc(C(F)(F)F)c(=O)n(C)c2)n1. The van der Waals surface area contributed by atoms with Gasteiger partial charge in [0.15, 0.2) is 11.2 Å². The fourth-order valence-electron chi connectivity index (χ4n) is 2.95. The predicted octanol–water partition coefficient (Wildman–Crippen LogP) is 2.10. The maximum atomic E-state index is 13.3. The number of pyridine rings is 2. The predicted molar refractivity (Wildman–Crippen MR) is 98.0 cm³/mol. The van der Waals surface area contributed by atoms with Crippen molar-refractivity contribution in [3.05, 3.63) is 62.9 Å². The van der Waals surface area contributed by atoms with Crippen molar-refractivity contribution in [1.29, 1.82) is 0 Å². The van der Waals surface area contributed by atoms with Crippen molar-refractivity contribution >= 4 is 11.2 Å². The van der Waals surface area contributed by atoms with Crippen molar-refractivity contribution in [2.24, 2.45) is 14.1 Å². The summed E-state index contributed by atoms with van der Waals surface area (Å²) in [5, 5.41) is 4.24. The van der Waals surface area contributed by atoms with Gasteiger partial charge in [0.1, 0.15) is 22.6 Å². The molecule has 0 unspecified atom stereocenters. The van der Waals surface area contributed by atoms with E-state index in [-0.39, 0.29) is 28.1 Å². The highest BCUT2D eigenvalue weighted by atomic mass is 19.4. The topological polar surface area (TPSA) is 98.5 Å². The van der Waals surface area contributed by atoms with E-state index < -0.39 is 22.7 Å². The van der Waals surface area contributed by atoms with Gasteiger partial charge in [0.25, 0.3) is 5.56 Å². The molecule has 29 heavy (non-hydrogen) atoms. The van der Waals surface area contributed by atoms with Crippen LogP contribution >= 0.6 is 0 Å². The summed E-state index contributed by atoms with van der Waals surface area (Å²) in [4.78, 5) is 35.6. The van der Waals surface area contributed by atoms with Crippen molar-refractivity contribution in [1.82, 2.24) is 29.3 Å². The zero-order valence-electron chi connectivity index (χ0n) is 15.2. The van der Waals surface area contributed by atoms with Crippen LogP contribution in [0.4, 0.5) is 13.2 Å². The molecule has 11 heteroatoms. The van der Waals surface area contributed by atoms with Gasteiger partial charge in [-0.25, -0.2) is 9.97 Å². The fourth-order valence-corrected chi connectivity index (χ4v) is 2.95. The van der Waals surface area contributed by atoms with Crippen LogP contribution in [-0.4, -0.2) is 29.3 Å². The quantitative estimate of drug-likeness (QED) is 0.554. The van der Waals surface area contributed by atoms with Gasteiger partial charge in [-0.15, -0.1) is 0 Å². The molecule has 0 radical (unpaired) electrons. The summed E-state index contributed by atoms with van der Waals surface area (Å²) in [7, 11) is 2.89. The summed E-state index contributed by atoms with van der Waals surface area (Å²) in [6.07, 6.45) is -0.593. The Hall–Kier alpha value is -3.76. The average Bonchev–Trinajstić information content (AvgIpc) is 3.08. The summed E-state index contributed by atoms with van der Waals surface area (Å²) in [6.45, 7) is 0. The number of aromatic amines is 1. The fraction of sp³-hybridized carbons (Fsp3) is 0.167. The maximum Gasteiger partial charge on any atom is 0.421 e. The molecule has 0 saturated carbocycles. The van der Waals surface area contributed by atoms with Crippen molar-refractivity contribution in [2.45, 2.75) is 6.18 Å². The molecule has 0 fully saturated rings. The number of nitrogens with zero attached hydrogens (tertiary/aromatic N) is 5. The van der Waals surface area contributed by atoms with Crippen LogP contribution in [0.25, 0.3) is 33.8 Å². The number of fused-ring (bicyclic) bond motifs is 1. The maximum absolute atomic E-state index is 13.3. The number of hydrogen-bond acceptors (Lipinski definition) is 5. The second-order valence-electron chi connectivity index (χ2n) is 6.39. The van der Waals surface area contributed by atoms with E-state index in [0.29, 0.717) is 11.8 Å². The van der Waals surface area contributed by atoms with Crippen molar-refractivity contribution < 1.29 is 13.2 Å². The van der Waals surface area contributed by atoms with Crippen LogP contribution in [0.3, 0.4) is 0 Å². The zero-order valence-corrected chi connectivity index (χ0v) is 15.2. The first-order valence-electron chi connectivity index (χ1n) is 8.33. The first-order valence-corrected chi connectivity index (χ1v) is 8.33. The Labute approximate surface area is 160 Å². The van der Waals surface area contributed by atoms with E-state index >= 15 is 0 Å². The molecule has 0 atom stereocenters.